The van der Waals surface area contributed by atoms with Gasteiger partial charge in [-0.2, -0.15) is 5.10 Å². The van der Waals surface area contributed by atoms with Crippen LogP contribution in [0.15, 0.2) is 6.07 Å². The van der Waals surface area contributed by atoms with Crippen LogP contribution in [0.2, 0.25) is 0 Å². The number of aromatic nitrogens is 2. The van der Waals surface area contributed by atoms with Gasteiger partial charge in [-0.05, 0) is 18.9 Å². The first kappa shape index (κ1) is 15.0. The number of hydrogen-bond acceptors (Lipinski definition) is 4. The van der Waals surface area contributed by atoms with Gasteiger partial charge >= 0.3 is 0 Å². The van der Waals surface area contributed by atoms with Gasteiger partial charge < -0.3 is 16.0 Å². The number of carbonyl (C=O) groups excluding carboxylic acids is 3. The minimum atomic E-state index is -0.555. The molecule has 1 aliphatic rings. The Morgan fingerprint density at radius 2 is 2.10 bits per heavy atom. The van der Waals surface area contributed by atoms with E-state index in [2.05, 4.69) is 15.5 Å². The molecule has 0 bridgehead atoms. The summed E-state index contributed by atoms with van der Waals surface area (Å²) in [6.07, 6.45) is 1.57. The summed E-state index contributed by atoms with van der Waals surface area (Å²) < 4.78 is 0. The van der Waals surface area contributed by atoms with Gasteiger partial charge in [0.05, 0.1) is 6.54 Å². The summed E-state index contributed by atoms with van der Waals surface area (Å²) in [5.74, 6) is -0.614. The summed E-state index contributed by atoms with van der Waals surface area (Å²) in [5.41, 5.74) is 6.27. The molecule has 2 rings (SSSR count). The Hall–Kier alpha value is -2.38. The van der Waals surface area contributed by atoms with Crippen LogP contribution in [0.3, 0.4) is 0 Å². The lowest BCUT2D eigenvalue weighted by atomic mass is 9.93. The number of rotatable bonds is 4. The van der Waals surface area contributed by atoms with E-state index in [1.165, 1.54) is 6.92 Å². The first-order chi connectivity index (χ1) is 9.97. The fourth-order valence-electron chi connectivity index (χ4n) is 2.42. The van der Waals surface area contributed by atoms with Gasteiger partial charge in [0.15, 0.2) is 0 Å². The fourth-order valence-corrected chi connectivity index (χ4v) is 2.42. The van der Waals surface area contributed by atoms with Gasteiger partial charge in [0, 0.05) is 31.6 Å². The van der Waals surface area contributed by atoms with Crippen molar-refractivity contribution in [1.82, 2.24) is 20.4 Å². The van der Waals surface area contributed by atoms with E-state index in [9.17, 15) is 14.4 Å². The molecule has 4 N–H and O–H groups in total. The number of H-pyrrole nitrogens is 1. The molecule has 21 heavy (non-hydrogen) atoms. The number of nitrogens with zero attached hydrogens (tertiary/aromatic N) is 2. The zero-order valence-electron chi connectivity index (χ0n) is 11.9. The zero-order chi connectivity index (χ0) is 15.4. The van der Waals surface area contributed by atoms with E-state index in [4.69, 9.17) is 5.73 Å². The number of primary amides is 1. The SMILES string of the molecule is CC(=O)NCC(=O)N1CCC(c2cc(C(N)=O)n[nH]2)CC1. The lowest BCUT2D eigenvalue weighted by molar-refractivity contribution is -0.133. The van der Waals surface area contributed by atoms with E-state index in [1.54, 1.807) is 11.0 Å². The summed E-state index contributed by atoms with van der Waals surface area (Å²) in [4.78, 5) is 35.4. The van der Waals surface area contributed by atoms with Crippen molar-refractivity contribution in [2.24, 2.45) is 5.73 Å². The lowest BCUT2D eigenvalue weighted by Crippen LogP contribution is -2.43. The number of nitrogens with two attached hydrogens (primary N) is 1. The third-order valence-electron chi connectivity index (χ3n) is 3.63. The number of piperidine rings is 1. The van der Waals surface area contributed by atoms with Gasteiger partial charge in [0.2, 0.25) is 11.8 Å². The molecule has 8 nitrogen and oxygen atoms in total. The third-order valence-corrected chi connectivity index (χ3v) is 3.63. The lowest BCUT2D eigenvalue weighted by Gasteiger charge is -2.31. The molecule has 1 fully saturated rings. The fraction of sp³-hybridized carbons (Fsp3) is 0.538. The molecule has 0 saturated carbocycles. The minimum absolute atomic E-state index is 0.0376. The van der Waals surface area contributed by atoms with Gasteiger partial charge in [-0.25, -0.2) is 0 Å². The molecule has 1 aromatic heterocycles. The molecule has 0 spiro atoms. The van der Waals surface area contributed by atoms with Crippen molar-refractivity contribution >= 4 is 17.7 Å². The van der Waals surface area contributed by atoms with Crippen LogP contribution in [0.4, 0.5) is 0 Å². The highest BCUT2D eigenvalue weighted by Gasteiger charge is 2.25. The number of likely N-dealkylation sites (tertiary alicyclic amines) is 1. The van der Waals surface area contributed by atoms with Crippen LogP contribution in [0.5, 0.6) is 0 Å². The van der Waals surface area contributed by atoms with Crippen LogP contribution in [-0.4, -0.2) is 52.5 Å². The summed E-state index contributed by atoms with van der Waals surface area (Å²) >= 11 is 0. The van der Waals surface area contributed by atoms with Crippen LogP contribution < -0.4 is 11.1 Å². The number of carbonyl (C=O) groups is 3. The predicted molar refractivity (Wildman–Crippen MR) is 74.3 cm³/mol. The molecule has 1 aliphatic heterocycles. The van der Waals surface area contributed by atoms with Gasteiger partial charge in [-0.15, -0.1) is 0 Å². The normalized spacial score (nSPS) is 15.8. The molecule has 3 amide bonds. The van der Waals surface area contributed by atoms with Crippen molar-refractivity contribution in [3.8, 4) is 0 Å². The molecule has 1 aromatic rings. The van der Waals surface area contributed by atoms with Gasteiger partial charge in [-0.1, -0.05) is 0 Å². The monoisotopic (exact) mass is 293 g/mol. The van der Waals surface area contributed by atoms with Crippen molar-refractivity contribution in [1.29, 1.82) is 0 Å². The molecule has 1 saturated heterocycles. The summed E-state index contributed by atoms with van der Waals surface area (Å²) in [7, 11) is 0. The molecule has 0 aromatic carbocycles. The maximum absolute atomic E-state index is 11.9. The summed E-state index contributed by atoms with van der Waals surface area (Å²) in [6, 6.07) is 1.67. The number of amides is 3. The highest BCUT2D eigenvalue weighted by atomic mass is 16.2. The van der Waals surface area contributed by atoms with Crippen molar-refractivity contribution in [2.75, 3.05) is 19.6 Å². The Kier molecular flexibility index (Phi) is 4.56. The highest BCUT2D eigenvalue weighted by molar-refractivity contribution is 5.90. The van der Waals surface area contributed by atoms with Crippen molar-refractivity contribution in [3.63, 3.8) is 0 Å². The summed E-state index contributed by atoms with van der Waals surface area (Å²) in [5, 5.41) is 9.20. The molecule has 0 radical (unpaired) electrons. The van der Waals surface area contributed by atoms with E-state index in [0.29, 0.717) is 13.1 Å². The van der Waals surface area contributed by atoms with Crippen molar-refractivity contribution < 1.29 is 14.4 Å². The first-order valence-electron chi connectivity index (χ1n) is 6.84. The van der Waals surface area contributed by atoms with Crippen molar-refractivity contribution in [3.05, 3.63) is 17.5 Å². The standard InChI is InChI=1S/C13H19N5O3/c1-8(19)15-7-12(20)18-4-2-9(3-5-18)10-6-11(13(14)21)17-16-10/h6,9H,2-5,7H2,1H3,(H2,14,21)(H,15,19)(H,16,17). The second kappa shape index (κ2) is 6.38. The Morgan fingerprint density at radius 3 is 2.62 bits per heavy atom. The van der Waals surface area contributed by atoms with Gasteiger partial charge in [0.25, 0.3) is 5.91 Å². The van der Waals surface area contributed by atoms with E-state index in [-0.39, 0.29) is 30.0 Å². The Labute approximate surface area is 122 Å². The molecular formula is C13H19N5O3. The molecule has 2 heterocycles. The van der Waals surface area contributed by atoms with E-state index in [1.807, 2.05) is 0 Å². The van der Waals surface area contributed by atoms with Crippen LogP contribution in [0.1, 0.15) is 41.9 Å². The molecule has 0 aliphatic carbocycles. The van der Waals surface area contributed by atoms with Gasteiger partial charge in [0.1, 0.15) is 5.69 Å². The Bertz CT molecular complexity index is 546. The predicted octanol–water partition coefficient (Wildman–Crippen LogP) is -0.649. The third kappa shape index (κ3) is 3.80. The largest absolute Gasteiger partial charge is 0.364 e. The first-order valence-corrected chi connectivity index (χ1v) is 6.84. The minimum Gasteiger partial charge on any atom is -0.364 e. The Balaban J connectivity index is 1.86. The maximum Gasteiger partial charge on any atom is 0.269 e. The second-order valence-electron chi connectivity index (χ2n) is 5.14. The number of aromatic amines is 1. The average molecular weight is 293 g/mol. The molecule has 8 heteroatoms. The molecular weight excluding hydrogens is 274 g/mol. The summed E-state index contributed by atoms with van der Waals surface area (Å²) in [6.45, 7) is 2.66. The number of hydrogen-bond donors (Lipinski definition) is 3. The highest BCUT2D eigenvalue weighted by Crippen LogP contribution is 2.26. The maximum atomic E-state index is 11.9. The average Bonchev–Trinajstić information content (AvgIpc) is 2.95. The topological polar surface area (TPSA) is 121 Å². The Morgan fingerprint density at radius 1 is 1.43 bits per heavy atom. The molecule has 114 valence electrons. The molecule has 0 atom stereocenters. The van der Waals surface area contributed by atoms with E-state index >= 15 is 0 Å². The van der Waals surface area contributed by atoms with E-state index < -0.39 is 5.91 Å². The van der Waals surface area contributed by atoms with E-state index in [0.717, 1.165) is 18.5 Å². The smallest absolute Gasteiger partial charge is 0.269 e. The van der Waals surface area contributed by atoms with Gasteiger partial charge in [-0.3, -0.25) is 19.5 Å². The second-order valence-corrected chi connectivity index (χ2v) is 5.14. The quantitative estimate of drug-likeness (QED) is 0.683. The zero-order valence-corrected chi connectivity index (χ0v) is 11.9. The van der Waals surface area contributed by atoms with Crippen LogP contribution in [0, 0.1) is 0 Å². The van der Waals surface area contributed by atoms with Crippen molar-refractivity contribution in [2.45, 2.75) is 25.7 Å². The van der Waals surface area contributed by atoms with Crippen LogP contribution in [-0.2, 0) is 9.59 Å². The molecule has 0 unspecified atom stereocenters. The van der Waals surface area contributed by atoms with Crippen LogP contribution >= 0.6 is 0 Å². The number of nitrogens with one attached hydrogen (secondary N) is 2. The van der Waals surface area contributed by atoms with Crippen LogP contribution in [0.25, 0.3) is 0 Å².